The zero-order chi connectivity index (χ0) is 18.3. The molecule has 0 spiro atoms. The molecular formula is C17H17N5O3. The highest BCUT2D eigenvalue weighted by atomic mass is 16.5. The number of carbonyl (C=O) groups excluding carboxylic acids is 2. The van der Waals surface area contributed by atoms with Crippen molar-refractivity contribution in [2.45, 2.75) is 13.8 Å². The maximum absolute atomic E-state index is 11.9. The summed E-state index contributed by atoms with van der Waals surface area (Å²) in [4.78, 5) is 31.4. The molecule has 25 heavy (non-hydrogen) atoms. The first-order valence-electron chi connectivity index (χ1n) is 7.47. The second kappa shape index (κ2) is 5.90. The average Bonchev–Trinajstić information content (AvgIpc) is 2.86. The number of nitrogens with zero attached hydrogens (tertiary/aromatic N) is 3. The highest BCUT2D eigenvalue weighted by Crippen LogP contribution is 2.35. The number of fused-ring (bicyclic) bond motifs is 1. The van der Waals surface area contributed by atoms with Crippen molar-refractivity contribution < 1.29 is 14.3 Å². The Bertz CT molecular complexity index is 1020. The topological polar surface area (TPSA) is 126 Å². The number of methoxy groups -OCH3 is 1. The van der Waals surface area contributed by atoms with E-state index >= 15 is 0 Å². The molecular weight excluding hydrogens is 322 g/mol. The number of aromatic nitrogens is 3. The first-order chi connectivity index (χ1) is 11.9. The Balaban J connectivity index is 2.49. The second-order valence-electron chi connectivity index (χ2n) is 5.60. The van der Waals surface area contributed by atoms with Gasteiger partial charge in [0, 0.05) is 5.56 Å². The predicted molar refractivity (Wildman–Crippen MR) is 93.2 cm³/mol. The van der Waals surface area contributed by atoms with E-state index in [1.54, 1.807) is 11.7 Å². The summed E-state index contributed by atoms with van der Waals surface area (Å²) in [5, 5.41) is 0. The van der Waals surface area contributed by atoms with Gasteiger partial charge in [-0.15, -0.1) is 0 Å². The number of anilines is 1. The second-order valence-corrected chi connectivity index (χ2v) is 5.60. The van der Waals surface area contributed by atoms with Crippen molar-refractivity contribution in [2.24, 2.45) is 5.73 Å². The van der Waals surface area contributed by atoms with Crippen molar-refractivity contribution >= 4 is 29.2 Å². The standard InChI is InChI=1S/C17H17N5O3/c1-8-4-5-11(25-3)9(2)14(8)22-15(18)12(16(19)24)13-17(22)20-6-10(7-23)21-13/h4-7H,18H2,1-3H3,(H2,19,24). The van der Waals surface area contributed by atoms with Crippen molar-refractivity contribution in [3.05, 3.63) is 40.7 Å². The van der Waals surface area contributed by atoms with Gasteiger partial charge in [0.25, 0.3) is 5.91 Å². The SMILES string of the molecule is COc1ccc(C)c(-n2c(N)c(C(N)=O)c3nc(C=O)cnc32)c1C. The van der Waals surface area contributed by atoms with Crippen LogP contribution in [-0.4, -0.2) is 33.8 Å². The molecule has 0 unspecified atom stereocenters. The number of aryl methyl sites for hydroxylation is 1. The van der Waals surface area contributed by atoms with E-state index in [1.807, 2.05) is 26.0 Å². The summed E-state index contributed by atoms with van der Waals surface area (Å²) in [6, 6.07) is 3.73. The van der Waals surface area contributed by atoms with Crippen molar-refractivity contribution in [1.29, 1.82) is 0 Å². The number of aldehydes is 1. The molecule has 0 fully saturated rings. The number of amides is 1. The summed E-state index contributed by atoms with van der Waals surface area (Å²) in [5.74, 6) is 0.0433. The number of hydrogen-bond donors (Lipinski definition) is 2. The fourth-order valence-corrected chi connectivity index (χ4v) is 2.98. The third-order valence-electron chi connectivity index (χ3n) is 4.11. The number of rotatable bonds is 4. The molecule has 0 aliphatic rings. The number of carbonyl (C=O) groups is 2. The van der Waals surface area contributed by atoms with Crippen LogP contribution in [0.1, 0.15) is 32.0 Å². The van der Waals surface area contributed by atoms with Gasteiger partial charge in [0.05, 0.1) is 19.0 Å². The molecule has 0 atom stereocenters. The Hall–Kier alpha value is -3.42. The zero-order valence-electron chi connectivity index (χ0n) is 14.0. The molecule has 1 aromatic carbocycles. The number of primary amides is 1. The highest BCUT2D eigenvalue weighted by molar-refractivity contribution is 6.09. The van der Waals surface area contributed by atoms with Crippen molar-refractivity contribution in [1.82, 2.24) is 14.5 Å². The maximum Gasteiger partial charge on any atom is 0.254 e. The van der Waals surface area contributed by atoms with E-state index in [4.69, 9.17) is 16.2 Å². The lowest BCUT2D eigenvalue weighted by molar-refractivity contribution is 0.100. The van der Waals surface area contributed by atoms with E-state index in [2.05, 4.69) is 9.97 Å². The number of nitrogen functional groups attached to an aromatic ring is 1. The molecule has 0 aliphatic heterocycles. The molecule has 0 bridgehead atoms. The Kier molecular flexibility index (Phi) is 3.88. The van der Waals surface area contributed by atoms with Crippen LogP contribution < -0.4 is 16.2 Å². The number of nitrogens with two attached hydrogens (primary N) is 2. The molecule has 0 saturated heterocycles. The lowest BCUT2D eigenvalue weighted by Crippen LogP contribution is -2.14. The molecule has 128 valence electrons. The van der Waals surface area contributed by atoms with Crippen LogP contribution in [0.3, 0.4) is 0 Å². The fraction of sp³-hybridized carbons (Fsp3) is 0.176. The van der Waals surface area contributed by atoms with Crippen LogP contribution in [0.25, 0.3) is 16.9 Å². The molecule has 0 radical (unpaired) electrons. The smallest absolute Gasteiger partial charge is 0.254 e. The van der Waals surface area contributed by atoms with E-state index in [0.29, 0.717) is 17.7 Å². The summed E-state index contributed by atoms with van der Waals surface area (Å²) >= 11 is 0. The van der Waals surface area contributed by atoms with Crippen molar-refractivity contribution in [3.63, 3.8) is 0 Å². The summed E-state index contributed by atoms with van der Waals surface area (Å²) in [6.07, 6.45) is 1.87. The van der Waals surface area contributed by atoms with Crippen molar-refractivity contribution in [2.75, 3.05) is 12.8 Å². The Labute approximate surface area is 143 Å². The monoisotopic (exact) mass is 339 g/mol. The minimum Gasteiger partial charge on any atom is -0.496 e. The van der Waals surface area contributed by atoms with Gasteiger partial charge in [-0.1, -0.05) is 6.07 Å². The molecule has 4 N–H and O–H groups in total. The van der Waals surface area contributed by atoms with Crippen LogP contribution in [0.15, 0.2) is 18.3 Å². The third kappa shape index (κ3) is 2.38. The van der Waals surface area contributed by atoms with Gasteiger partial charge in [-0.2, -0.15) is 0 Å². The van der Waals surface area contributed by atoms with Gasteiger partial charge in [-0.05, 0) is 25.5 Å². The molecule has 1 amide bonds. The maximum atomic E-state index is 11.9. The van der Waals surface area contributed by atoms with Crippen LogP contribution in [0.4, 0.5) is 5.82 Å². The third-order valence-corrected chi connectivity index (χ3v) is 4.11. The van der Waals surface area contributed by atoms with E-state index in [1.165, 1.54) is 6.20 Å². The molecule has 3 rings (SSSR count). The van der Waals surface area contributed by atoms with E-state index in [0.717, 1.165) is 16.8 Å². The van der Waals surface area contributed by atoms with Crippen LogP contribution in [-0.2, 0) is 0 Å². The Morgan fingerprint density at radius 2 is 2.04 bits per heavy atom. The first-order valence-corrected chi connectivity index (χ1v) is 7.47. The number of benzene rings is 1. The number of ether oxygens (including phenoxy) is 1. The van der Waals surface area contributed by atoms with Gasteiger partial charge in [0.1, 0.15) is 28.3 Å². The van der Waals surface area contributed by atoms with Crippen LogP contribution >= 0.6 is 0 Å². The first kappa shape index (κ1) is 16.4. The van der Waals surface area contributed by atoms with E-state index in [-0.39, 0.29) is 22.6 Å². The highest BCUT2D eigenvalue weighted by Gasteiger charge is 2.25. The van der Waals surface area contributed by atoms with Crippen LogP contribution in [0.2, 0.25) is 0 Å². The largest absolute Gasteiger partial charge is 0.496 e. The summed E-state index contributed by atoms with van der Waals surface area (Å²) < 4.78 is 6.99. The van der Waals surface area contributed by atoms with Gasteiger partial charge in [0.2, 0.25) is 0 Å². The molecule has 3 aromatic rings. The van der Waals surface area contributed by atoms with Crippen LogP contribution in [0.5, 0.6) is 5.75 Å². The summed E-state index contributed by atoms with van der Waals surface area (Å²) in [7, 11) is 1.57. The molecule has 0 saturated carbocycles. The lowest BCUT2D eigenvalue weighted by Gasteiger charge is -2.16. The van der Waals surface area contributed by atoms with Crippen molar-refractivity contribution in [3.8, 4) is 11.4 Å². The molecule has 0 aliphatic carbocycles. The van der Waals surface area contributed by atoms with Crippen LogP contribution in [0, 0.1) is 13.8 Å². The quantitative estimate of drug-likeness (QED) is 0.694. The predicted octanol–water partition coefficient (Wildman–Crippen LogP) is 1.54. The lowest BCUT2D eigenvalue weighted by atomic mass is 10.1. The Morgan fingerprint density at radius 3 is 2.64 bits per heavy atom. The summed E-state index contributed by atoms with van der Waals surface area (Å²) in [5.41, 5.74) is 14.8. The minimum atomic E-state index is -0.739. The summed E-state index contributed by atoms with van der Waals surface area (Å²) in [6.45, 7) is 3.79. The van der Waals surface area contributed by atoms with Gasteiger partial charge in [0.15, 0.2) is 11.9 Å². The molecule has 8 heteroatoms. The molecule has 2 heterocycles. The van der Waals surface area contributed by atoms with Gasteiger partial charge >= 0.3 is 0 Å². The number of hydrogen-bond acceptors (Lipinski definition) is 6. The average molecular weight is 339 g/mol. The fourth-order valence-electron chi connectivity index (χ4n) is 2.98. The molecule has 2 aromatic heterocycles. The minimum absolute atomic E-state index is 0.0350. The Morgan fingerprint density at radius 1 is 1.32 bits per heavy atom. The van der Waals surface area contributed by atoms with Gasteiger partial charge < -0.3 is 16.2 Å². The van der Waals surface area contributed by atoms with Gasteiger partial charge in [-0.3, -0.25) is 14.2 Å². The van der Waals surface area contributed by atoms with Gasteiger partial charge in [-0.25, -0.2) is 9.97 Å². The molecule has 8 nitrogen and oxygen atoms in total. The normalized spacial score (nSPS) is 10.8. The van der Waals surface area contributed by atoms with E-state index in [9.17, 15) is 9.59 Å². The van der Waals surface area contributed by atoms with E-state index < -0.39 is 5.91 Å². The zero-order valence-corrected chi connectivity index (χ0v) is 14.0.